The molecule has 0 aliphatic rings. The van der Waals surface area contributed by atoms with Crippen molar-refractivity contribution in [2.45, 2.75) is 0 Å². The number of carbonyl (C=O) groups excluding carboxylic acids is 1. The molecule has 312 valence electrons. The average molecular weight is 870 g/mol. The van der Waals surface area contributed by atoms with Crippen LogP contribution in [0.3, 0.4) is 0 Å². The van der Waals surface area contributed by atoms with E-state index in [1.807, 2.05) is 76.5 Å². The normalized spacial score (nSPS) is 11.3. The van der Waals surface area contributed by atoms with Gasteiger partial charge in [0.2, 0.25) is 11.9 Å². The summed E-state index contributed by atoms with van der Waals surface area (Å²) in [7, 11) is 3.71. The molecule has 6 heterocycles. The Labute approximate surface area is 358 Å². The number of oxazole rings is 2. The summed E-state index contributed by atoms with van der Waals surface area (Å²) in [5, 5.41) is 30.8. The van der Waals surface area contributed by atoms with Crippen molar-refractivity contribution in [1.29, 1.82) is 0 Å². The number of nitrogens with one attached hydrogen (secondary N) is 3. The van der Waals surface area contributed by atoms with Crippen LogP contribution >= 0.6 is 22.7 Å². The minimum Gasteiger partial charge on any atom is -0.478 e. The van der Waals surface area contributed by atoms with Crippen molar-refractivity contribution < 1.29 is 33.4 Å². The lowest BCUT2D eigenvalue weighted by Crippen LogP contribution is -2.27. The molecule has 4 aromatic carbocycles. The van der Waals surface area contributed by atoms with Crippen LogP contribution < -0.4 is 16.0 Å². The number of benzene rings is 4. The molecule has 0 aliphatic heterocycles. The van der Waals surface area contributed by atoms with E-state index in [1.54, 1.807) is 35.3 Å². The minimum atomic E-state index is -0.989. The van der Waals surface area contributed by atoms with E-state index in [-0.39, 0.29) is 24.7 Å². The molecule has 20 heteroatoms. The number of hydrogen-bond acceptors (Lipinski definition) is 16. The highest BCUT2D eigenvalue weighted by Crippen LogP contribution is 2.30. The first kappa shape index (κ1) is 39.9. The van der Waals surface area contributed by atoms with E-state index in [9.17, 15) is 9.59 Å². The smallest absolute Gasteiger partial charge is 0.335 e. The fraction of sp³-hybridized carbons (Fsp3) is 0.143. The number of carbonyl (C=O) groups is 2. The number of fused-ring (bicyclic) bond motifs is 4. The van der Waals surface area contributed by atoms with Crippen molar-refractivity contribution in [3.05, 3.63) is 106 Å². The second-order valence-corrected chi connectivity index (χ2v) is 15.1. The van der Waals surface area contributed by atoms with Crippen molar-refractivity contribution in [2.24, 2.45) is 14.1 Å². The number of rotatable bonds is 13. The van der Waals surface area contributed by atoms with Crippen molar-refractivity contribution in [2.75, 3.05) is 37.0 Å². The first-order valence-electron chi connectivity index (χ1n) is 19.0. The van der Waals surface area contributed by atoms with Crippen LogP contribution in [0, 0.1) is 0 Å². The molecule has 0 aliphatic carbocycles. The summed E-state index contributed by atoms with van der Waals surface area (Å²) in [6, 6.07) is 22.3. The standard InChI is InChI=1S/C23H22N6O4S.C19H13N5O3S/c1-29-19-5-3-15(21(31)24-6-8-32-9-7-30)10-17(19)26-22(29)28-23-27-16-4-2-14(11-20(16)33-23)18-12-34-13-25-18;1-24-15-5-3-11(17(25)26)6-13(15)21-18(24)23-19-22-12-4-2-10(7-16(12)27-19)14-8-28-9-20-14/h2-5,10-13,30H,6-9H2,1H3,(H,24,31)(H,26,27,28);2-9H,1H3,(H,25,26)(H,21,22,23). The highest BCUT2D eigenvalue weighted by molar-refractivity contribution is 7.08. The molecular formula is C42H35N11O7S2. The number of aryl methyl sites for hydroxylation is 2. The maximum Gasteiger partial charge on any atom is 0.335 e. The number of aliphatic hydroxyl groups excluding tert-OH is 1. The van der Waals surface area contributed by atoms with E-state index >= 15 is 0 Å². The maximum absolute atomic E-state index is 12.4. The molecule has 1 amide bonds. The molecule has 6 aromatic heterocycles. The number of carboxylic acid groups (broad SMARTS) is 1. The molecule has 0 spiro atoms. The van der Waals surface area contributed by atoms with Gasteiger partial charge in [-0.2, -0.15) is 9.97 Å². The van der Waals surface area contributed by atoms with E-state index in [2.05, 4.69) is 45.9 Å². The summed E-state index contributed by atoms with van der Waals surface area (Å²) in [6.07, 6.45) is 0. The molecule has 10 rings (SSSR count). The first-order valence-corrected chi connectivity index (χ1v) is 20.8. The van der Waals surface area contributed by atoms with Gasteiger partial charge in [0, 0.05) is 48.1 Å². The molecule has 0 atom stereocenters. The number of imidazole rings is 2. The number of amides is 1. The molecule has 0 radical (unpaired) electrons. The van der Waals surface area contributed by atoms with Crippen molar-refractivity contribution in [3.63, 3.8) is 0 Å². The summed E-state index contributed by atoms with van der Waals surface area (Å²) in [5.41, 5.74) is 13.6. The Morgan fingerprint density at radius 3 is 1.71 bits per heavy atom. The molecule has 18 nitrogen and oxygen atoms in total. The largest absolute Gasteiger partial charge is 0.478 e. The Morgan fingerprint density at radius 2 is 1.21 bits per heavy atom. The number of carboxylic acids is 1. The summed E-state index contributed by atoms with van der Waals surface area (Å²) < 4.78 is 20.6. The summed E-state index contributed by atoms with van der Waals surface area (Å²) >= 11 is 3.08. The van der Waals surface area contributed by atoms with Gasteiger partial charge in [-0.05, 0) is 60.7 Å². The molecule has 0 saturated carbocycles. The fourth-order valence-corrected chi connectivity index (χ4v) is 7.70. The number of hydrogen-bond donors (Lipinski definition) is 5. The zero-order valence-electron chi connectivity index (χ0n) is 32.9. The number of anilines is 4. The number of nitrogens with zero attached hydrogens (tertiary/aromatic N) is 8. The Morgan fingerprint density at radius 1 is 0.677 bits per heavy atom. The quantitative estimate of drug-likeness (QED) is 0.0702. The Kier molecular flexibility index (Phi) is 11.1. The average Bonchev–Trinajstić information content (AvgIpc) is 4.15. The molecule has 10 aromatic rings. The first-order chi connectivity index (χ1) is 30.2. The molecule has 0 fully saturated rings. The van der Waals surface area contributed by atoms with Gasteiger partial charge in [-0.3, -0.25) is 15.4 Å². The summed E-state index contributed by atoms with van der Waals surface area (Å²) in [5.74, 6) is -0.165. The molecule has 5 N–H and O–H groups in total. The van der Waals surface area contributed by atoms with Crippen molar-refractivity contribution in [3.8, 4) is 22.5 Å². The lowest BCUT2D eigenvalue weighted by atomic mass is 10.1. The topological polar surface area (TPSA) is 233 Å². The minimum absolute atomic E-state index is 0.0438. The van der Waals surface area contributed by atoms with Crippen LogP contribution in [0.5, 0.6) is 0 Å². The second-order valence-electron chi connectivity index (χ2n) is 13.7. The number of aromatic nitrogens is 8. The third-order valence-corrected chi connectivity index (χ3v) is 10.9. The fourth-order valence-electron chi connectivity index (χ4n) is 6.58. The van der Waals surface area contributed by atoms with E-state index < -0.39 is 5.97 Å². The monoisotopic (exact) mass is 869 g/mol. The van der Waals surface area contributed by atoms with Crippen LogP contribution in [0.2, 0.25) is 0 Å². The van der Waals surface area contributed by atoms with Crippen LogP contribution in [0.15, 0.2) is 103 Å². The molecule has 62 heavy (non-hydrogen) atoms. The van der Waals surface area contributed by atoms with Crippen LogP contribution in [0.25, 0.3) is 66.8 Å². The van der Waals surface area contributed by atoms with E-state index in [0.29, 0.717) is 70.4 Å². The SMILES string of the molecule is Cn1c(Nc2nc3ccc(-c4cscn4)cc3o2)nc2cc(C(=O)NCCOCCO)ccc21.Cn1c(Nc2nc3ccc(-c4cscn4)cc3o2)nc2cc(C(=O)O)ccc21. The Hall–Kier alpha value is -7.52. The third kappa shape index (κ3) is 8.30. The third-order valence-electron chi connectivity index (χ3n) is 9.71. The van der Waals surface area contributed by atoms with Gasteiger partial charge in [-0.15, -0.1) is 22.7 Å². The van der Waals surface area contributed by atoms with Gasteiger partial charge in [-0.1, -0.05) is 12.1 Å². The van der Waals surface area contributed by atoms with Gasteiger partial charge in [0.25, 0.3) is 5.91 Å². The van der Waals surface area contributed by atoms with E-state index in [1.165, 1.54) is 28.7 Å². The highest BCUT2D eigenvalue weighted by atomic mass is 32.1. The van der Waals surface area contributed by atoms with Gasteiger partial charge >= 0.3 is 18.0 Å². The predicted octanol–water partition coefficient (Wildman–Crippen LogP) is 7.60. The predicted molar refractivity (Wildman–Crippen MR) is 235 cm³/mol. The lowest BCUT2D eigenvalue weighted by Gasteiger charge is -2.06. The number of aromatic carboxylic acids is 1. The Balaban J connectivity index is 0.000000161. The number of aliphatic hydroxyl groups is 1. The van der Waals surface area contributed by atoms with Crippen molar-refractivity contribution in [1.82, 2.24) is 44.4 Å². The second kappa shape index (κ2) is 17.2. The van der Waals surface area contributed by atoms with Gasteiger partial charge in [0.05, 0.1) is 69.9 Å². The van der Waals surface area contributed by atoms with Crippen LogP contribution in [0.1, 0.15) is 20.7 Å². The van der Waals surface area contributed by atoms with Crippen LogP contribution in [-0.4, -0.2) is 87.5 Å². The lowest BCUT2D eigenvalue weighted by molar-refractivity contribution is 0.0696. The summed E-state index contributed by atoms with van der Waals surface area (Å²) in [6.45, 7) is 0.895. The van der Waals surface area contributed by atoms with Gasteiger partial charge < -0.3 is 38.2 Å². The number of thiazole rings is 2. The van der Waals surface area contributed by atoms with Crippen molar-refractivity contribution >= 4 is 103 Å². The summed E-state index contributed by atoms with van der Waals surface area (Å²) in [4.78, 5) is 50.2. The molecule has 0 bridgehead atoms. The zero-order valence-corrected chi connectivity index (χ0v) is 34.5. The maximum atomic E-state index is 12.4. The van der Waals surface area contributed by atoms with Crippen LogP contribution in [-0.2, 0) is 18.8 Å². The van der Waals surface area contributed by atoms with E-state index in [0.717, 1.165) is 39.1 Å². The molecule has 0 saturated heterocycles. The van der Waals surface area contributed by atoms with Gasteiger partial charge in [0.1, 0.15) is 11.0 Å². The van der Waals surface area contributed by atoms with Gasteiger partial charge in [0.15, 0.2) is 11.2 Å². The van der Waals surface area contributed by atoms with Gasteiger partial charge in [-0.25, -0.2) is 24.7 Å². The number of ether oxygens (including phenoxy) is 1. The Bertz CT molecular complexity index is 3210. The molecule has 0 unspecified atom stereocenters. The van der Waals surface area contributed by atoms with Crippen LogP contribution in [0.4, 0.5) is 23.9 Å². The highest BCUT2D eigenvalue weighted by Gasteiger charge is 2.17. The zero-order chi connectivity index (χ0) is 42.7. The van der Waals surface area contributed by atoms with E-state index in [4.69, 9.17) is 23.8 Å². The molecular weight excluding hydrogens is 835 g/mol.